The summed E-state index contributed by atoms with van der Waals surface area (Å²) in [4.78, 5) is 45.4. The second-order valence-electron chi connectivity index (χ2n) is 6.34. The largest absolute Gasteiger partial charge is 0.416 e. The van der Waals surface area contributed by atoms with Gasteiger partial charge in [0.2, 0.25) is 11.9 Å². The number of hydrogen-bond donors (Lipinski definition) is 1. The number of hydrogen-bond acceptors (Lipinski definition) is 5. The monoisotopic (exact) mass is 447 g/mol. The van der Waals surface area contributed by atoms with Gasteiger partial charge < -0.3 is 10.6 Å². The third-order valence-electron chi connectivity index (χ3n) is 4.15. The second-order valence-corrected chi connectivity index (χ2v) is 6.34. The number of halogens is 4. The van der Waals surface area contributed by atoms with Gasteiger partial charge in [-0.25, -0.2) is 9.78 Å². The summed E-state index contributed by atoms with van der Waals surface area (Å²) in [7, 11) is 0. The molecule has 0 atom stereocenters. The third kappa shape index (κ3) is 5.06. The van der Waals surface area contributed by atoms with E-state index in [9.17, 15) is 31.9 Å². The molecular weight excluding hydrogens is 434 g/mol. The number of benzene rings is 2. The van der Waals surface area contributed by atoms with E-state index in [0.29, 0.717) is 17.2 Å². The van der Waals surface area contributed by atoms with Gasteiger partial charge in [0.1, 0.15) is 0 Å². The molecule has 0 bridgehead atoms. The molecule has 2 amide bonds. The lowest BCUT2D eigenvalue weighted by molar-refractivity contribution is -0.137. The summed E-state index contributed by atoms with van der Waals surface area (Å²) in [6, 6.07) is 10.3. The Kier molecular flexibility index (Phi) is 6.19. The van der Waals surface area contributed by atoms with Gasteiger partial charge in [0.15, 0.2) is 0 Å². The molecule has 32 heavy (non-hydrogen) atoms. The van der Waals surface area contributed by atoms with Crippen LogP contribution in [0.15, 0.2) is 66.9 Å². The number of primary amides is 1. The summed E-state index contributed by atoms with van der Waals surface area (Å²) in [6.07, 6.45) is -3.70. The molecule has 11 heteroatoms. The zero-order valence-corrected chi connectivity index (χ0v) is 16.0. The number of nitrogens with zero attached hydrogens (tertiary/aromatic N) is 2. The number of nitrogens with two attached hydrogens (primary N) is 1. The molecule has 0 radical (unpaired) electrons. The smallest absolute Gasteiger partial charge is 0.366 e. The van der Waals surface area contributed by atoms with Crippen molar-refractivity contribution in [2.75, 3.05) is 5.06 Å². The van der Waals surface area contributed by atoms with Crippen LogP contribution in [0.25, 0.3) is 0 Å². The van der Waals surface area contributed by atoms with Gasteiger partial charge in [0.25, 0.3) is 5.91 Å². The van der Waals surface area contributed by atoms with Crippen molar-refractivity contribution in [1.29, 1.82) is 0 Å². The first kappa shape index (κ1) is 22.4. The molecule has 1 heterocycles. The van der Waals surface area contributed by atoms with Crippen molar-refractivity contribution in [2.24, 2.45) is 5.73 Å². The number of pyridine rings is 1. The van der Waals surface area contributed by atoms with Crippen molar-refractivity contribution < 1.29 is 36.8 Å². The molecule has 0 fully saturated rings. The predicted octanol–water partition coefficient (Wildman–Crippen LogP) is 3.76. The molecule has 0 saturated heterocycles. The van der Waals surface area contributed by atoms with Crippen LogP contribution in [0.1, 0.15) is 36.6 Å². The Morgan fingerprint density at radius 3 is 2.12 bits per heavy atom. The first-order chi connectivity index (χ1) is 15.1. The fraction of sp³-hybridized carbons (Fsp3) is 0.0476. The Bertz CT molecular complexity index is 1160. The van der Waals surface area contributed by atoms with Crippen molar-refractivity contribution in [3.05, 3.63) is 95.1 Å². The van der Waals surface area contributed by atoms with Crippen LogP contribution in [-0.4, -0.2) is 22.8 Å². The molecule has 0 aliphatic rings. The van der Waals surface area contributed by atoms with Crippen molar-refractivity contribution in [1.82, 2.24) is 4.98 Å². The zero-order valence-electron chi connectivity index (χ0n) is 16.0. The number of carbonyl (C=O) groups excluding carboxylic acids is 3. The number of hydroxylamine groups is 1. The van der Waals surface area contributed by atoms with Crippen LogP contribution in [0.2, 0.25) is 0 Å². The fourth-order valence-electron chi connectivity index (χ4n) is 2.55. The van der Waals surface area contributed by atoms with Crippen molar-refractivity contribution in [3.63, 3.8) is 0 Å². The van der Waals surface area contributed by atoms with E-state index in [-0.39, 0.29) is 22.4 Å². The van der Waals surface area contributed by atoms with E-state index in [1.54, 1.807) is 0 Å². The Morgan fingerprint density at radius 1 is 0.906 bits per heavy atom. The molecule has 2 aromatic carbocycles. The van der Waals surface area contributed by atoms with Crippen LogP contribution in [0.3, 0.4) is 0 Å². The number of amides is 2. The molecule has 0 saturated carbocycles. The lowest BCUT2D eigenvalue weighted by atomic mass is 10.1. The SMILES string of the molecule is NC(=O)c1cccc(N(OC(=O)c2ccc(C(F)(F)F)cc2)C(=O)c2ccc(F)nc2)c1. The fourth-order valence-corrected chi connectivity index (χ4v) is 2.55. The first-order valence-electron chi connectivity index (χ1n) is 8.81. The van der Waals surface area contributed by atoms with Gasteiger partial charge >= 0.3 is 12.1 Å². The van der Waals surface area contributed by atoms with Crippen molar-refractivity contribution >= 4 is 23.5 Å². The topological polar surface area (TPSA) is 103 Å². The van der Waals surface area contributed by atoms with E-state index in [2.05, 4.69) is 4.98 Å². The Balaban J connectivity index is 1.96. The minimum atomic E-state index is -4.60. The van der Waals surface area contributed by atoms with E-state index in [4.69, 9.17) is 10.6 Å². The summed E-state index contributed by atoms with van der Waals surface area (Å²) < 4.78 is 51.3. The number of rotatable bonds is 4. The highest BCUT2D eigenvalue weighted by Gasteiger charge is 2.31. The maximum Gasteiger partial charge on any atom is 0.416 e. The Labute approximate surface area is 178 Å². The normalized spacial score (nSPS) is 11.0. The number of alkyl halides is 3. The lowest BCUT2D eigenvalue weighted by Crippen LogP contribution is -2.34. The summed E-state index contributed by atoms with van der Waals surface area (Å²) in [5.41, 5.74) is 3.71. The molecule has 2 N–H and O–H groups in total. The molecule has 7 nitrogen and oxygen atoms in total. The van der Waals surface area contributed by atoms with Crippen LogP contribution in [0.5, 0.6) is 0 Å². The maximum atomic E-state index is 13.1. The second kappa shape index (κ2) is 8.84. The summed E-state index contributed by atoms with van der Waals surface area (Å²) in [6.45, 7) is 0. The molecule has 1 aromatic heterocycles. The van der Waals surface area contributed by atoms with E-state index in [1.807, 2.05) is 0 Å². The number of anilines is 1. The highest BCUT2D eigenvalue weighted by molar-refractivity contribution is 6.07. The van der Waals surface area contributed by atoms with Crippen molar-refractivity contribution in [2.45, 2.75) is 6.18 Å². The van der Waals surface area contributed by atoms with Gasteiger partial charge in [0.05, 0.1) is 22.4 Å². The van der Waals surface area contributed by atoms with E-state index in [0.717, 1.165) is 36.5 Å². The summed E-state index contributed by atoms with van der Waals surface area (Å²) in [5.74, 6) is -3.80. The minimum Gasteiger partial charge on any atom is -0.366 e. The van der Waals surface area contributed by atoms with E-state index < -0.39 is 35.5 Å². The van der Waals surface area contributed by atoms with Crippen LogP contribution < -0.4 is 10.8 Å². The summed E-state index contributed by atoms with van der Waals surface area (Å²) >= 11 is 0. The average Bonchev–Trinajstić information content (AvgIpc) is 2.77. The molecule has 0 aliphatic carbocycles. The van der Waals surface area contributed by atoms with Gasteiger partial charge in [-0.1, -0.05) is 6.07 Å². The van der Waals surface area contributed by atoms with Crippen LogP contribution in [0, 0.1) is 5.95 Å². The molecule has 164 valence electrons. The molecule has 3 aromatic rings. The molecule has 0 unspecified atom stereocenters. The lowest BCUT2D eigenvalue weighted by Gasteiger charge is -2.21. The van der Waals surface area contributed by atoms with E-state index >= 15 is 0 Å². The van der Waals surface area contributed by atoms with Crippen LogP contribution in [0.4, 0.5) is 23.2 Å². The van der Waals surface area contributed by atoms with Crippen molar-refractivity contribution in [3.8, 4) is 0 Å². The van der Waals surface area contributed by atoms with E-state index in [1.165, 1.54) is 18.2 Å². The molecular formula is C21H13F4N3O4. The zero-order chi connectivity index (χ0) is 23.5. The molecule has 0 spiro atoms. The van der Waals surface area contributed by atoms with Gasteiger partial charge in [-0.15, -0.1) is 5.06 Å². The first-order valence-corrected chi connectivity index (χ1v) is 8.81. The Morgan fingerprint density at radius 2 is 1.56 bits per heavy atom. The maximum absolute atomic E-state index is 13.1. The highest BCUT2D eigenvalue weighted by Crippen LogP contribution is 2.29. The van der Waals surface area contributed by atoms with Gasteiger partial charge in [-0.3, -0.25) is 9.59 Å². The van der Waals surface area contributed by atoms with Crippen LogP contribution >= 0.6 is 0 Å². The predicted molar refractivity (Wildman–Crippen MR) is 103 cm³/mol. The van der Waals surface area contributed by atoms with Gasteiger partial charge in [0, 0.05) is 11.8 Å². The number of carbonyl (C=O) groups is 3. The van der Waals surface area contributed by atoms with Crippen LogP contribution in [-0.2, 0) is 11.0 Å². The minimum absolute atomic E-state index is 0.0110. The highest BCUT2D eigenvalue weighted by atomic mass is 19.4. The number of aromatic nitrogens is 1. The standard InChI is InChI=1S/C21H13F4N3O4/c22-17-9-6-14(11-27-17)19(30)28(16-3-1-2-13(10-16)18(26)29)32-20(31)12-4-7-15(8-5-12)21(23,24)25/h1-11H,(H2,26,29). The Hall–Kier alpha value is -4.28. The van der Waals surface area contributed by atoms with Gasteiger partial charge in [-0.05, 0) is 54.6 Å². The average molecular weight is 447 g/mol. The molecule has 0 aliphatic heterocycles. The summed E-state index contributed by atoms with van der Waals surface area (Å²) in [5, 5.41) is 0.501. The molecule has 3 rings (SSSR count). The quantitative estimate of drug-likeness (QED) is 0.373. The van der Waals surface area contributed by atoms with Gasteiger partial charge in [-0.2, -0.15) is 17.6 Å². The third-order valence-corrected chi connectivity index (χ3v) is 4.15.